The molecular formula is C26H22ClF3N2O2. The first-order chi connectivity index (χ1) is 16.2. The van der Waals surface area contributed by atoms with Gasteiger partial charge in [-0.15, -0.1) is 0 Å². The Bertz CT molecular complexity index is 1200. The van der Waals surface area contributed by atoms with E-state index in [9.17, 15) is 22.8 Å². The number of fused-ring (bicyclic) bond motifs is 1. The number of anilines is 1. The first-order valence-corrected chi connectivity index (χ1v) is 11.2. The van der Waals surface area contributed by atoms with Gasteiger partial charge in [0.15, 0.2) is 5.78 Å². The van der Waals surface area contributed by atoms with Gasteiger partial charge in [0, 0.05) is 30.8 Å². The van der Waals surface area contributed by atoms with Crippen molar-refractivity contribution in [1.82, 2.24) is 4.90 Å². The van der Waals surface area contributed by atoms with Gasteiger partial charge in [0.2, 0.25) is 0 Å². The minimum absolute atomic E-state index is 0.00329. The van der Waals surface area contributed by atoms with Crippen LogP contribution in [0.2, 0.25) is 5.02 Å². The molecule has 0 saturated carbocycles. The molecule has 1 amide bonds. The van der Waals surface area contributed by atoms with E-state index in [1.165, 1.54) is 0 Å². The van der Waals surface area contributed by atoms with Crippen molar-refractivity contribution >= 4 is 29.0 Å². The summed E-state index contributed by atoms with van der Waals surface area (Å²) in [6, 6.07) is 19.8. The average molecular weight is 487 g/mol. The summed E-state index contributed by atoms with van der Waals surface area (Å²) < 4.78 is 38.6. The molecule has 0 radical (unpaired) electrons. The van der Waals surface area contributed by atoms with Gasteiger partial charge in [0.1, 0.15) is 0 Å². The molecule has 34 heavy (non-hydrogen) atoms. The minimum Gasteiger partial charge on any atom is -0.380 e. The molecule has 4 rings (SSSR count). The van der Waals surface area contributed by atoms with E-state index in [0.717, 1.165) is 21.6 Å². The van der Waals surface area contributed by atoms with Crippen LogP contribution in [0.3, 0.4) is 0 Å². The molecular weight excluding hydrogens is 465 g/mol. The normalized spacial score (nSPS) is 13.7. The van der Waals surface area contributed by atoms with Gasteiger partial charge in [-0.2, -0.15) is 13.2 Å². The molecule has 3 aromatic carbocycles. The summed E-state index contributed by atoms with van der Waals surface area (Å²) in [5.74, 6) is -1.87. The highest BCUT2D eigenvalue weighted by Crippen LogP contribution is 2.32. The fourth-order valence-electron chi connectivity index (χ4n) is 4.09. The van der Waals surface area contributed by atoms with Crippen molar-refractivity contribution in [3.63, 3.8) is 0 Å². The molecule has 1 aliphatic rings. The number of carbonyl (C=O) groups is 2. The number of nitrogens with one attached hydrogen (secondary N) is 1. The van der Waals surface area contributed by atoms with E-state index in [1.54, 1.807) is 36.4 Å². The maximum atomic E-state index is 12.9. The summed E-state index contributed by atoms with van der Waals surface area (Å²) in [7, 11) is 0. The van der Waals surface area contributed by atoms with Crippen LogP contribution in [0.5, 0.6) is 0 Å². The Morgan fingerprint density at radius 1 is 0.882 bits per heavy atom. The summed E-state index contributed by atoms with van der Waals surface area (Å²) >= 11 is 6.42. The third-order valence-corrected chi connectivity index (χ3v) is 6.21. The number of amides is 1. The van der Waals surface area contributed by atoms with Gasteiger partial charge in [0.05, 0.1) is 10.7 Å². The minimum atomic E-state index is -4.89. The Morgan fingerprint density at radius 2 is 1.53 bits per heavy atom. The molecule has 3 aromatic rings. The molecule has 4 nitrogen and oxygen atoms in total. The van der Waals surface area contributed by atoms with Gasteiger partial charge in [-0.1, -0.05) is 72.3 Å². The number of halogens is 4. The van der Waals surface area contributed by atoms with E-state index in [-0.39, 0.29) is 25.3 Å². The summed E-state index contributed by atoms with van der Waals surface area (Å²) in [5.41, 5.74) is 4.46. The second kappa shape index (κ2) is 9.89. The van der Waals surface area contributed by atoms with Crippen LogP contribution in [-0.4, -0.2) is 35.9 Å². The SMILES string of the molecule is O=C(c1ccccc1)c1ccc(CNc2c(Cl)ccc3c2CCN(C(=O)C(F)(F)F)CC3)cc1. The fraction of sp³-hybridized carbons (Fsp3) is 0.231. The first kappa shape index (κ1) is 23.8. The molecule has 0 fully saturated rings. The van der Waals surface area contributed by atoms with Crippen LogP contribution in [0.1, 0.15) is 32.6 Å². The van der Waals surface area contributed by atoms with E-state index in [0.29, 0.717) is 34.8 Å². The average Bonchev–Trinajstić information content (AvgIpc) is 3.05. The van der Waals surface area contributed by atoms with Gasteiger partial charge >= 0.3 is 12.1 Å². The molecule has 0 bridgehead atoms. The topological polar surface area (TPSA) is 49.4 Å². The lowest BCUT2D eigenvalue weighted by atomic mass is 10.00. The number of alkyl halides is 3. The highest BCUT2D eigenvalue weighted by molar-refractivity contribution is 6.33. The zero-order valence-electron chi connectivity index (χ0n) is 18.2. The monoisotopic (exact) mass is 486 g/mol. The number of rotatable bonds is 5. The Balaban J connectivity index is 1.47. The van der Waals surface area contributed by atoms with E-state index in [1.807, 2.05) is 30.3 Å². The molecule has 0 atom stereocenters. The van der Waals surface area contributed by atoms with E-state index in [4.69, 9.17) is 11.6 Å². The van der Waals surface area contributed by atoms with Gasteiger partial charge < -0.3 is 10.2 Å². The predicted molar refractivity (Wildman–Crippen MR) is 125 cm³/mol. The lowest BCUT2D eigenvalue weighted by Crippen LogP contribution is -2.42. The van der Waals surface area contributed by atoms with Crippen molar-refractivity contribution in [2.45, 2.75) is 25.6 Å². The Labute approximate surface area is 200 Å². The largest absolute Gasteiger partial charge is 0.471 e. The Kier molecular flexibility index (Phi) is 6.93. The van der Waals surface area contributed by atoms with Crippen molar-refractivity contribution in [3.8, 4) is 0 Å². The van der Waals surface area contributed by atoms with Crippen molar-refractivity contribution in [2.75, 3.05) is 18.4 Å². The lowest BCUT2D eigenvalue weighted by molar-refractivity contribution is -0.185. The first-order valence-electron chi connectivity index (χ1n) is 10.8. The standard InChI is InChI=1S/C26H22ClF3N2O2/c27-22-11-10-18-12-14-32(25(34)26(28,29)30)15-13-21(18)23(22)31-16-17-6-8-20(9-7-17)24(33)19-4-2-1-3-5-19/h1-11,31H,12-16H2. The summed E-state index contributed by atoms with van der Waals surface area (Å²) in [4.78, 5) is 25.1. The molecule has 0 aromatic heterocycles. The molecule has 0 saturated heterocycles. The summed E-state index contributed by atoms with van der Waals surface area (Å²) in [6.45, 7) is 0.390. The van der Waals surface area contributed by atoms with E-state index < -0.39 is 12.1 Å². The van der Waals surface area contributed by atoms with Crippen LogP contribution in [0.4, 0.5) is 18.9 Å². The number of benzene rings is 3. The molecule has 0 aliphatic carbocycles. The smallest absolute Gasteiger partial charge is 0.380 e. The van der Waals surface area contributed by atoms with Gasteiger partial charge in [-0.25, -0.2) is 0 Å². The Morgan fingerprint density at radius 3 is 2.21 bits per heavy atom. The van der Waals surface area contributed by atoms with Crippen LogP contribution in [0.25, 0.3) is 0 Å². The highest BCUT2D eigenvalue weighted by Gasteiger charge is 2.42. The van der Waals surface area contributed by atoms with Crippen molar-refractivity contribution in [1.29, 1.82) is 0 Å². The Hall–Kier alpha value is -3.32. The molecule has 1 heterocycles. The molecule has 1 aliphatic heterocycles. The predicted octanol–water partition coefficient (Wildman–Crippen LogP) is 5.67. The van der Waals surface area contributed by atoms with Gasteiger partial charge in [-0.3, -0.25) is 9.59 Å². The molecule has 0 spiro atoms. The molecule has 176 valence electrons. The zero-order chi connectivity index (χ0) is 24.3. The zero-order valence-corrected chi connectivity index (χ0v) is 18.9. The van der Waals surface area contributed by atoms with Gasteiger partial charge in [0.25, 0.3) is 0 Å². The number of hydrogen-bond donors (Lipinski definition) is 1. The van der Waals surface area contributed by atoms with Crippen molar-refractivity contribution in [3.05, 3.63) is 99.6 Å². The van der Waals surface area contributed by atoms with Crippen LogP contribution in [-0.2, 0) is 24.2 Å². The lowest BCUT2D eigenvalue weighted by Gasteiger charge is -2.21. The van der Waals surface area contributed by atoms with Crippen LogP contribution in [0, 0.1) is 0 Å². The van der Waals surface area contributed by atoms with E-state index in [2.05, 4.69) is 5.32 Å². The van der Waals surface area contributed by atoms with Crippen molar-refractivity contribution in [2.24, 2.45) is 0 Å². The number of ketones is 1. The molecule has 1 N–H and O–H groups in total. The third-order valence-electron chi connectivity index (χ3n) is 5.89. The van der Waals surface area contributed by atoms with E-state index >= 15 is 0 Å². The summed E-state index contributed by atoms with van der Waals surface area (Å²) in [5, 5.41) is 3.76. The summed E-state index contributed by atoms with van der Waals surface area (Å²) in [6.07, 6.45) is -4.30. The molecule has 8 heteroatoms. The van der Waals surface area contributed by atoms with Crippen LogP contribution < -0.4 is 5.32 Å². The molecule has 0 unspecified atom stereocenters. The third kappa shape index (κ3) is 5.25. The number of carbonyl (C=O) groups excluding carboxylic acids is 2. The second-order valence-electron chi connectivity index (χ2n) is 8.10. The highest BCUT2D eigenvalue weighted by atomic mass is 35.5. The van der Waals surface area contributed by atoms with Crippen molar-refractivity contribution < 1.29 is 22.8 Å². The van der Waals surface area contributed by atoms with Crippen LogP contribution in [0.15, 0.2) is 66.7 Å². The quantitative estimate of drug-likeness (QED) is 0.472. The number of hydrogen-bond acceptors (Lipinski definition) is 3. The maximum absolute atomic E-state index is 12.9. The van der Waals surface area contributed by atoms with Crippen LogP contribution >= 0.6 is 11.6 Å². The number of nitrogens with zero attached hydrogens (tertiary/aromatic N) is 1. The van der Waals surface area contributed by atoms with Gasteiger partial charge in [-0.05, 0) is 35.6 Å². The fourth-order valence-corrected chi connectivity index (χ4v) is 4.33. The maximum Gasteiger partial charge on any atom is 0.471 e. The second-order valence-corrected chi connectivity index (χ2v) is 8.50.